The molecule has 1 saturated heterocycles. The summed E-state index contributed by atoms with van der Waals surface area (Å²) in [6.07, 6.45) is 1.75. The van der Waals surface area contributed by atoms with Gasteiger partial charge in [-0.25, -0.2) is 4.98 Å². The second kappa shape index (κ2) is 6.02. The maximum atomic E-state index is 5.79. The van der Waals surface area contributed by atoms with Gasteiger partial charge in [0, 0.05) is 39.8 Å². The molecule has 1 aliphatic heterocycles. The van der Waals surface area contributed by atoms with Crippen molar-refractivity contribution in [3.8, 4) is 0 Å². The van der Waals surface area contributed by atoms with E-state index < -0.39 is 0 Å². The Kier molecular flexibility index (Phi) is 4.38. The molecule has 0 bridgehead atoms. The summed E-state index contributed by atoms with van der Waals surface area (Å²) in [6.45, 7) is 8.00. The lowest BCUT2D eigenvalue weighted by atomic mass is 10.2. The van der Waals surface area contributed by atoms with Crippen LogP contribution in [0.15, 0.2) is 12.3 Å². The Balaban J connectivity index is 1.90. The lowest BCUT2D eigenvalue weighted by molar-refractivity contribution is 0.144. The molecule has 0 radical (unpaired) electrons. The maximum Gasteiger partial charge on any atom is 0.128 e. The Labute approximate surface area is 109 Å². The molecule has 2 heterocycles. The van der Waals surface area contributed by atoms with Gasteiger partial charge in [-0.05, 0) is 18.6 Å². The van der Waals surface area contributed by atoms with Gasteiger partial charge in [-0.3, -0.25) is 4.90 Å². The number of rotatable bonds is 4. The Morgan fingerprint density at radius 2 is 2.06 bits per heavy atom. The van der Waals surface area contributed by atoms with E-state index in [1.165, 1.54) is 0 Å². The number of methoxy groups -OCH3 is 1. The number of aromatic nitrogens is 1. The van der Waals surface area contributed by atoms with E-state index in [-0.39, 0.29) is 0 Å². The predicted molar refractivity (Wildman–Crippen MR) is 73.9 cm³/mol. The molecular weight excluding hydrogens is 228 g/mol. The van der Waals surface area contributed by atoms with Crippen molar-refractivity contribution >= 4 is 11.5 Å². The molecule has 1 aromatic heterocycles. The van der Waals surface area contributed by atoms with E-state index in [2.05, 4.69) is 20.9 Å². The van der Waals surface area contributed by atoms with Gasteiger partial charge < -0.3 is 15.4 Å². The molecule has 2 rings (SSSR count). The van der Waals surface area contributed by atoms with Crippen LogP contribution in [0.25, 0.3) is 0 Å². The number of piperazine rings is 1. The van der Waals surface area contributed by atoms with Crippen LogP contribution in [0.3, 0.4) is 0 Å². The number of anilines is 2. The first kappa shape index (κ1) is 13.1. The minimum atomic E-state index is 0.762. The maximum absolute atomic E-state index is 5.79. The number of nitrogens with two attached hydrogens (primary N) is 1. The van der Waals surface area contributed by atoms with Crippen LogP contribution in [-0.4, -0.2) is 56.3 Å². The third-order valence-corrected chi connectivity index (χ3v) is 3.44. The highest BCUT2D eigenvalue weighted by Gasteiger charge is 2.17. The number of nitrogen functional groups attached to an aromatic ring is 1. The molecule has 1 aliphatic rings. The molecule has 0 saturated carbocycles. The second-order valence-electron chi connectivity index (χ2n) is 4.72. The van der Waals surface area contributed by atoms with Crippen LogP contribution in [0.1, 0.15) is 5.56 Å². The van der Waals surface area contributed by atoms with Gasteiger partial charge in [0.05, 0.1) is 18.5 Å². The first-order valence-corrected chi connectivity index (χ1v) is 6.39. The molecule has 5 nitrogen and oxygen atoms in total. The zero-order valence-electron chi connectivity index (χ0n) is 11.2. The highest BCUT2D eigenvalue weighted by Crippen LogP contribution is 2.18. The van der Waals surface area contributed by atoms with Gasteiger partial charge in [-0.2, -0.15) is 0 Å². The first-order valence-electron chi connectivity index (χ1n) is 6.39. The fourth-order valence-corrected chi connectivity index (χ4v) is 2.15. The summed E-state index contributed by atoms with van der Waals surface area (Å²) in [7, 11) is 1.75. The molecule has 0 aromatic carbocycles. The topological polar surface area (TPSA) is 54.6 Å². The lowest BCUT2D eigenvalue weighted by Crippen LogP contribution is -2.47. The molecular formula is C13H22N4O. The molecule has 1 aromatic rings. The monoisotopic (exact) mass is 250 g/mol. The van der Waals surface area contributed by atoms with Crippen molar-refractivity contribution in [3.63, 3.8) is 0 Å². The predicted octanol–water partition coefficient (Wildman–Crippen LogP) is 0.741. The largest absolute Gasteiger partial charge is 0.397 e. The SMILES string of the molecule is COCCN1CCN(c2cc(C)c(N)cn2)CC1. The summed E-state index contributed by atoms with van der Waals surface area (Å²) in [5.74, 6) is 1.04. The summed E-state index contributed by atoms with van der Waals surface area (Å²) in [5.41, 5.74) is 7.65. The van der Waals surface area contributed by atoms with Gasteiger partial charge in [-0.15, -0.1) is 0 Å². The Morgan fingerprint density at radius 3 is 2.67 bits per heavy atom. The summed E-state index contributed by atoms with van der Waals surface area (Å²) in [4.78, 5) is 9.14. The highest BCUT2D eigenvalue weighted by atomic mass is 16.5. The quantitative estimate of drug-likeness (QED) is 0.854. The summed E-state index contributed by atoms with van der Waals surface area (Å²) < 4.78 is 5.10. The molecule has 0 unspecified atom stereocenters. The lowest BCUT2D eigenvalue weighted by Gasteiger charge is -2.35. The molecule has 100 valence electrons. The molecule has 2 N–H and O–H groups in total. The van der Waals surface area contributed by atoms with Crippen molar-refractivity contribution in [2.45, 2.75) is 6.92 Å². The number of nitrogens with zero attached hydrogens (tertiary/aromatic N) is 3. The number of pyridine rings is 1. The minimum Gasteiger partial charge on any atom is -0.397 e. The average molecular weight is 250 g/mol. The van der Waals surface area contributed by atoms with Crippen molar-refractivity contribution in [2.24, 2.45) is 0 Å². The summed E-state index contributed by atoms with van der Waals surface area (Å²) in [6, 6.07) is 2.07. The zero-order valence-corrected chi connectivity index (χ0v) is 11.2. The van der Waals surface area contributed by atoms with Crippen LogP contribution in [0.2, 0.25) is 0 Å². The minimum absolute atomic E-state index is 0.762. The van der Waals surface area contributed by atoms with Gasteiger partial charge in [-0.1, -0.05) is 0 Å². The number of hydrogen-bond donors (Lipinski definition) is 1. The normalized spacial score (nSPS) is 17.1. The van der Waals surface area contributed by atoms with E-state index >= 15 is 0 Å². The van der Waals surface area contributed by atoms with Crippen molar-refractivity contribution in [1.29, 1.82) is 0 Å². The molecule has 0 atom stereocenters. The average Bonchev–Trinajstić information content (AvgIpc) is 2.40. The van der Waals surface area contributed by atoms with Crippen molar-refractivity contribution in [2.75, 3.05) is 57.1 Å². The van der Waals surface area contributed by atoms with Gasteiger partial charge >= 0.3 is 0 Å². The van der Waals surface area contributed by atoms with Crippen LogP contribution >= 0.6 is 0 Å². The van der Waals surface area contributed by atoms with E-state index in [1.807, 2.05) is 6.92 Å². The van der Waals surface area contributed by atoms with E-state index in [9.17, 15) is 0 Å². The van der Waals surface area contributed by atoms with E-state index in [4.69, 9.17) is 10.5 Å². The zero-order chi connectivity index (χ0) is 13.0. The molecule has 0 amide bonds. The standard InChI is InChI=1S/C13H22N4O/c1-11-9-13(15-10-12(11)14)17-5-3-16(4-6-17)7-8-18-2/h9-10H,3-8,14H2,1-2H3. The molecule has 0 spiro atoms. The van der Waals surface area contributed by atoms with Gasteiger partial charge in [0.15, 0.2) is 0 Å². The highest BCUT2D eigenvalue weighted by molar-refractivity contribution is 5.52. The fraction of sp³-hybridized carbons (Fsp3) is 0.615. The molecule has 1 fully saturated rings. The van der Waals surface area contributed by atoms with Gasteiger partial charge in [0.1, 0.15) is 5.82 Å². The van der Waals surface area contributed by atoms with Gasteiger partial charge in [0.25, 0.3) is 0 Å². The summed E-state index contributed by atoms with van der Waals surface area (Å²) in [5, 5.41) is 0. The van der Waals surface area contributed by atoms with Gasteiger partial charge in [0.2, 0.25) is 0 Å². The summed E-state index contributed by atoms with van der Waals surface area (Å²) >= 11 is 0. The van der Waals surface area contributed by atoms with Crippen LogP contribution in [0.5, 0.6) is 0 Å². The molecule has 0 aliphatic carbocycles. The second-order valence-corrected chi connectivity index (χ2v) is 4.72. The van der Waals surface area contributed by atoms with Crippen LogP contribution in [0.4, 0.5) is 11.5 Å². The molecule has 5 heteroatoms. The van der Waals surface area contributed by atoms with Crippen LogP contribution in [0, 0.1) is 6.92 Å². The Hall–Kier alpha value is -1.33. The number of ether oxygens (including phenoxy) is 1. The van der Waals surface area contributed by atoms with Crippen molar-refractivity contribution in [1.82, 2.24) is 9.88 Å². The Morgan fingerprint density at radius 1 is 1.33 bits per heavy atom. The van der Waals surface area contributed by atoms with E-state index in [0.717, 1.165) is 56.4 Å². The van der Waals surface area contributed by atoms with Crippen molar-refractivity contribution < 1.29 is 4.74 Å². The van der Waals surface area contributed by atoms with E-state index in [0.29, 0.717) is 0 Å². The number of hydrogen-bond acceptors (Lipinski definition) is 5. The third kappa shape index (κ3) is 3.11. The number of aryl methyl sites for hydroxylation is 1. The van der Waals surface area contributed by atoms with E-state index in [1.54, 1.807) is 13.3 Å². The first-order chi connectivity index (χ1) is 8.70. The molecule has 18 heavy (non-hydrogen) atoms. The smallest absolute Gasteiger partial charge is 0.128 e. The third-order valence-electron chi connectivity index (χ3n) is 3.44. The fourth-order valence-electron chi connectivity index (χ4n) is 2.15. The Bertz CT molecular complexity index is 389. The van der Waals surface area contributed by atoms with Crippen LogP contribution in [-0.2, 0) is 4.74 Å². The van der Waals surface area contributed by atoms with Crippen LogP contribution < -0.4 is 10.6 Å². The van der Waals surface area contributed by atoms with Crippen molar-refractivity contribution in [3.05, 3.63) is 17.8 Å².